The van der Waals surface area contributed by atoms with Gasteiger partial charge in [-0.05, 0) is 18.6 Å². The molecule has 0 radical (unpaired) electrons. The molecule has 1 aromatic rings. The van der Waals surface area contributed by atoms with Gasteiger partial charge in [0.05, 0.1) is 12.1 Å². The molecule has 0 spiro atoms. The van der Waals surface area contributed by atoms with Crippen LogP contribution in [0.5, 0.6) is 0 Å². The van der Waals surface area contributed by atoms with Crippen LogP contribution in [0.2, 0.25) is 0 Å². The molecule has 6 heteroatoms. The van der Waals surface area contributed by atoms with Crippen molar-refractivity contribution in [3.05, 3.63) is 23.9 Å². The van der Waals surface area contributed by atoms with Crippen molar-refractivity contribution >= 4 is 11.8 Å². The summed E-state index contributed by atoms with van der Waals surface area (Å²) in [6.45, 7) is 2.99. The van der Waals surface area contributed by atoms with Crippen molar-refractivity contribution in [3.63, 3.8) is 0 Å². The van der Waals surface area contributed by atoms with E-state index in [2.05, 4.69) is 16.0 Å². The Balaban J connectivity index is 2.07. The van der Waals surface area contributed by atoms with E-state index in [0.29, 0.717) is 24.5 Å². The van der Waals surface area contributed by atoms with Crippen LogP contribution < -0.4 is 4.90 Å². The third-order valence-corrected chi connectivity index (χ3v) is 3.15. The van der Waals surface area contributed by atoms with Crippen LogP contribution in [-0.2, 0) is 4.79 Å². The summed E-state index contributed by atoms with van der Waals surface area (Å²) in [5.41, 5.74) is 0.564. The van der Waals surface area contributed by atoms with Crippen LogP contribution in [0.3, 0.4) is 0 Å². The summed E-state index contributed by atoms with van der Waals surface area (Å²) in [4.78, 5) is 19.0. The highest BCUT2D eigenvalue weighted by Gasteiger charge is 2.19. The van der Waals surface area contributed by atoms with Gasteiger partial charge in [-0.15, -0.1) is 0 Å². The molecule has 1 fully saturated rings. The molecule has 6 nitrogen and oxygen atoms in total. The lowest BCUT2D eigenvalue weighted by atomic mass is 10.2. The maximum atomic E-state index is 10.7. The van der Waals surface area contributed by atoms with E-state index in [1.54, 1.807) is 18.3 Å². The maximum absolute atomic E-state index is 10.7. The summed E-state index contributed by atoms with van der Waals surface area (Å²) in [6, 6.07) is 5.64. The van der Waals surface area contributed by atoms with E-state index < -0.39 is 5.97 Å². The molecule has 1 aliphatic rings. The summed E-state index contributed by atoms with van der Waals surface area (Å²) in [5.74, 6) is -0.105. The number of hydrogen-bond donors (Lipinski definition) is 1. The molecule has 2 rings (SSSR count). The second-order valence-corrected chi connectivity index (χ2v) is 4.50. The van der Waals surface area contributed by atoms with Gasteiger partial charge in [-0.2, -0.15) is 5.26 Å². The molecule has 0 atom stereocenters. The van der Waals surface area contributed by atoms with Crippen molar-refractivity contribution in [1.29, 1.82) is 5.26 Å². The molecule has 0 saturated carbocycles. The fourth-order valence-electron chi connectivity index (χ4n) is 2.27. The molecule has 0 unspecified atom stereocenters. The summed E-state index contributed by atoms with van der Waals surface area (Å²) < 4.78 is 0. The second kappa shape index (κ2) is 6.16. The van der Waals surface area contributed by atoms with E-state index in [1.807, 2.05) is 4.90 Å². The van der Waals surface area contributed by atoms with Gasteiger partial charge in [0.15, 0.2) is 0 Å². The van der Waals surface area contributed by atoms with Crippen molar-refractivity contribution in [2.75, 3.05) is 37.6 Å². The third kappa shape index (κ3) is 3.42. The molecule has 2 heterocycles. The van der Waals surface area contributed by atoms with E-state index in [0.717, 1.165) is 19.5 Å². The second-order valence-electron chi connectivity index (χ2n) is 4.50. The van der Waals surface area contributed by atoms with Gasteiger partial charge in [0.1, 0.15) is 11.9 Å². The third-order valence-electron chi connectivity index (χ3n) is 3.15. The molecule has 1 saturated heterocycles. The molecule has 0 aromatic carbocycles. The zero-order chi connectivity index (χ0) is 13.7. The predicted molar refractivity (Wildman–Crippen MR) is 69.9 cm³/mol. The van der Waals surface area contributed by atoms with Gasteiger partial charge in [0, 0.05) is 32.4 Å². The Hall–Kier alpha value is -2.13. The number of rotatable bonds is 3. The Morgan fingerprint density at radius 3 is 3.00 bits per heavy atom. The Morgan fingerprint density at radius 1 is 1.42 bits per heavy atom. The number of carboxylic acids is 1. The van der Waals surface area contributed by atoms with Crippen molar-refractivity contribution in [2.24, 2.45) is 0 Å². The summed E-state index contributed by atoms with van der Waals surface area (Å²) >= 11 is 0. The lowest BCUT2D eigenvalue weighted by Crippen LogP contribution is -2.34. The molecule has 19 heavy (non-hydrogen) atoms. The van der Waals surface area contributed by atoms with Gasteiger partial charge in [-0.1, -0.05) is 0 Å². The van der Waals surface area contributed by atoms with Gasteiger partial charge < -0.3 is 10.0 Å². The van der Waals surface area contributed by atoms with Gasteiger partial charge in [-0.25, -0.2) is 4.98 Å². The number of nitrogens with zero attached hydrogens (tertiary/aromatic N) is 4. The Labute approximate surface area is 111 Å². The van der Waals surface area contributed by atoms with Crippen molar-refractivity contribution in [2.45, 2.75) is 6.42 Å². The fraction of sp³-hybridized carbons (Fsp3) is 0.462. The van der Waals surface area contributed by atoms with E-state index in [1.165, 1.54) is 0 Å². The van der Waals surface area contributed by atoms with Gasteiger partial charge in [-0.3, -0.25) is 9.69 Å². The van der Waals surface area contributed by atoms with Crippen LogP contribution in [0.4, 0.5) is 5.82 Å². The number of carboxylic acid groups (broad SMARTS) is 1. The minimum Gasteiger partial charge on any atom is -0.480 e. The Morgan fingerprint density at radius 2 is 2.26 bits per heavy atom. The molecule has 0 aliphatic carbocycles. The van der Waals surface area contributed by atoms with Crippen molar-refractivity contribution in [1.82, 2.24) is 9.88 Å². The SMILES string of the molecule is N#Cc1cccnc1N1CCCN(CC(=O)O)CC1. The zero-order valence-electron chi connectivity index (χ0n) is 10.6. The summed E-state index contributed by atoms with van der Waals surface area (Å²) in [5, 5.41) is 17.9. The van der Waals surface area contributed by atoms with Gasteiger partial charge >= 0.3 is 5.97 Å². The molecule has 100 valence electrons. The predicted octanol–water partition coefficient (Wildman–Crippen LogP) is 0.550. The van der Waals surface area contributed by atoms with Gasteiger partial charge in [0.2, 0.25) is 0 Å². The quantitative estimate of drug-likeness (QED) is 0.854. The topological polar surface area (TPSA) is 80.5 Å². The van der Waals surface area contributed by atoms with Crippen LogP contribution >= 0.6 is 0 Å². The minimum absolute atomic E-state index is 0.0706. The van der Waals surface area contributed by atoms with Crippen molar-refractivity contribution < 1.29 is 9.90 Å². The lowest BCUT2D eigenvalue weighted by Gasteiger charge is -2.22. The van der Waals surface area contributed by atoms with E-state index in [-0.39, 0.29) is 6.54 Å². The first-order chi connectivity index (χ1) is 9.20. The van der Waals surface area contributed by atoms with E-state index >= 15 is 0 Å². The van der Waals surface area contributed by atoms with Gasteiger partial charge in [0.25, 0.3) is 0 Å². The fourth-order valence-corrected chi connectivity index (χ4v) is 2.27. The lowest BCUT2D eigenvalue weighted by molar-refractivity contribution is -0.138. The van der Waals surface area contributed by atoms with Crippen LogP contribution in [0.25, 0.3) is 0 Å². The highest BCUT2D eigenvalue weighted by atomic mass is 16.4. The first kappa shape index (κ1) is 13.3. The molecular weight excluding hydrogens is 244 g/mol. The highest BCUT2D eigenvalue weighted by Crippen LogP contribution is 2.17. The average molecular weight is 260 g/mol. The van der Waals surface area contributed by atoms with E-state index in [9.17, 15) is 4.79 Å². The maximum Gasteiger partial charge on any atom is 0.317 e. The van der Waals surface area contributed by atoms with Crippen LogP contribution in [0, 0.1) is 11.3 Å². The smallest absolute Gasteiger partial charge is 0.317 e. The highest BCUT2D eigenvalue weighted by molar-refractivity contribution is 5.69. The number of aromatic nitrogens is 1. The monoisotopic (exact) mass is 260 g/mol. The zero-order valence-corrected chi connectivity index (χ0v) is 10.6. The average Bonchev–Trinajstić information content (AvgIpc) is 2.63. The normalized spacial score (nSPS) is 16.7. The Kier molecular flexibility index (Phi) is 4.31. The summed E-state index contributed by atoms with van der Waals surface area (Å²) in [7, 11) is 0. The molecule has 0 amide bonds. The number of aliphatic carboxylic acids is 1. The first-order valence-electron chi connectivity index (χ1n) is 6.25. The number of carbonyl (C=O) groups is 1. The first-order valence-corrected chi connectivity index (χ1v) is 6.25. The van der Waals surface area contributed by atoms with Crippen LogP contribution in [0.1, 0.15) is 12.0 Å². The molecule has 1 aliphatic heterocycles. The van der Waals surface area contributed by atoms with E-state index in [4.69, 9.17) is 10.4 Å². The van der Waals surface area contributed by atoms with Crippen molar-refractivity contribution in [3.8, 4) is 6.07 Å². The largest absolute Gasteiger partial charge is 0.480 e. The number of hydrogen-bond acceptors (Lipinski definition) is 5. The molecule has 1 aromatic heterocycles. The standard InChI is InChI=1S/C13H16N4O2/c14-9-11-3-1-4-15-13(11)17-6-2-5-16(7-8-17)10-12(18)19/h1,3-4H,2,5-8,10H2,(H,18,19). The molecule has 1 N–H and O–H groups in total. The number of nitriles is 1. The summed E-state index contributed by atoms with van der Waals surface area (Å²) in [6.07, 6.45) is 2.55. The molecule has 0 bridgehead atoms. The van der Waals surface area contributed by atoms with Crippen LogP contribution in [0.15, 0.2) is 18.3 Å². The number of anilines is 1. The minimum atomic E-state index is -0.802. The molecular formula is C13H16N4O2. The number of pyridine rings is 1. The van der Waals surface area contributed by atoms with Crippen LogP contribution in [-0.4, -0.2) is 53.7 Å². The Bertz CT molecular complexity index is 498.